The number of hydrogen-bond acceptors (Lipinski definition) is 4. The normalized spacial score (nSPS) is 12.2. The lowest BCUT2D eigenvalue weighted by molar-refractivity contribution is 0.0944. The smallest absolute Gasteiger partial charge is 0.264 e. The molecule has 1 atom stereocenters. The summed E-state index contributed by atoms with van der Waals surface area (Å²) in [6.07, 6.45) is 3.47. The minimum Gasteiger partial charge on any atom is -0.337 e. The maximum atomic E-state index is 13.2. The molecule has 0 bridgehead atoms. The molecule has 2 aromatic heterocycles. The first-order valence-corrected chi connectivity index (χ1v) is 8.25. The van der Waals surface area contributed by atoms with Crippen molar-refractivity contribution in [3.63, 3.8) is 0 Å². The molecule has 1 N–H and O–H groups in total. The molecule has 0 saturated carbocycles. The van der Waals surface area contributed by atoms with E-state index in [2.05, 4.69) is 15.3 Å². The van der Waals surface area contributed by atoms with E-state index < -0.39 is 6.04 Å². The van der Waals surface area contributed by atoms with Gasteiger partial charge in [0.25, 0.3) is 5.91 Å². The van der Waals surface area contributed by atoms with E-state index in [0.717, 1.165) is 10.6 Å². The van der Waals surface area contributed by atoms with Gasteiger partial charge < -0.3 is 9.88 Å². The minimum atomic E-state index is -0.472. The summed E-state index contributed by atoms with van der Waals surface area (Å²) in [5.41, 5.74) is 1.46. The Morgan fingerprint density at radius 3 is 2.54 bits per heavy atom. The molecule has 0 spiro atoms. The molecular formula is C17H17FN4OS. The molecule has 0 saturated heterocycles. The van der Waals surface area contributed by atoms with Crippen LogP contribution in [0.2, 0.25) is 0 Å². The van der Waals surface area contributed by atoms with Gasteiger partial charge in [0.1, 0.15) is 22.6 Å². The van der Waals surface area contributed by atoms with Crippen LogP contribution in [0, 0.1) is 19.7 Å². The first kappa shape index (κ1) is 16.3. The SMILES string of the molecule is Cc1nc(C)c(C(=O)N[C@@H](c2ccc(F)cc2)c2nccn2C)s1. The standard InChI is InChI=1S/C17H17FN4OS/c1-10-15(24-11(2)20-10)17(23)21-14(16-19-8-9-22(16)3)12-4-6-13(18)7-5-12/h4-9,14H,1-3H3,(H,21,23)/t14-/m0/s1. The van der Waals surface area contributed by atoms with Crippen LogP contribution in [0.1, 0.15) is 37.8 Å². The van der Waals surface area contributed by atoms with Crippen LogP contribution in [0.5, 0.6) is 0 Å². The highest BCUT2D eigenvalue weighted by atomic mass is 32.1. The van der Waals surface area contributed by atoms with Gasteiger partial charge in [0, 0.05) is 19.4 Å². The van der Waals surface area contributed by atoms with Gasteiger partial charge >= 0.3 is 0 Å². The van der Waals surface area contributed by atoms with Crippen LogP contribution in [0.15, 0.2) is 36.7 Å². The van der Waals surface area contributed by atoms with Crippen LogP contribution in [0.3, 0.4) is 0 Å². The van der Waals surface area contributed by atoms with Crippen LogP contribution in [-0.4, -0.2) is 20.4 Å². The summed E-state index contributed by atoms with van der Waals surface area (Å²) in [6, 6.07) is 5.58. The van der Waals surface area contributed by atoms with Crippen LogP contribution >= 0.6 is 11.3 Å². The van der Waals surface area contributed by atoms with Crippen molar-refractivity contribution in [1.29, 1.82) is 0 Å². The Morgan fingerprint density at radius 1 is 1.29 bits per heavy atom. The van der Waals surface area contributed by atoms with Crippen LogP contribution in [-0.2, 0) is 7.05 Å². The number of carbonyl (C=O) groups is 1. The lowest BCUT2D eigenvalue weighted by atomic mass is 10.1. The van der Waals surface area contributed by atoms with Crippen molar-refractivity contribution in [2.45, 2.75) is 19.9 Å². The maximum absolute atomic E-state index is 13.2. The fourth-order valence-corrected chi connectivity index (χ4v) is 3.37. The van der Waals surface area contributed by atoms with Crippen LogP contribution in [0.4, 0.5) is 4.39 Å². The van der Waals surface area contributed by atoms with Crippen molar-refractivity contribution < 1.29 is 9.18 Å². The number of imidazole rings is 1. The van der Waals surface area contributed by atoms with E-state index in [4.69, 9.17) is 0 Å². The molecule has 0 fully saturated rings. The summed E-state index contributed by atoms with van der Waals surface area (Å²) in [5.74, 6) is 0.141. The van der Waals surface area contributed by atoms with Crippen LogP contribution in [0.25, 0.3) is 0 Å². The third-order valence-electron chi connectivity index (χ3n) is 3.71. The fourth-order valence-electron chi connectivity index (χ4n) is 2.55. The van der Waals surface area contributed by atoms with E-state index >= 15 is 0 Å². The lowest BCUT2D eigenvalue weighted by Gasteiger charge is -2.19. The average molecular weight is 344 g/mol. The zero-order valence-electron chi connectivity index (χ0n) is 13.6. The monoisotopic (exact) mass is 344 g/mol. The fraction of sp³-hybridized carbons (Fsp3) is 0.235. The number of rotatable bonds is 4. The zero-order chi connectivity index (χ0) is 17.3. The number of nitrogens with zero attached hydrogens (tertiary/aromatic N) is 3. The molecule has 5 nitrogen and oxygen atoms in total. The Balaban J connectivity index is 1.96. The van der Waals surface area contributed by atoms with E-state index in [1.165, 1.54) is 23.5 Å². The topological polar surface area (TPSA) is 59.8 Å². The zero-order valence-corrected chi connectivity index (χ0v) is 14.4. The van der Waals surface area contributed by atoms with Gasteiger partial charge in [-0.3, -0.25) is 4.79 Å². The predicted octanol–water partition coefficient (Wildman–Crippen LogP) is 3.15. The molecule has 24 heavy (non-hydrogen) atoms. The number of nitrogens with one attached hydrogen (secondary N) is 1. The molecule has 3 aromatic rings. The molecule has 1 aromatic carbocycles. The summed E-state index contributed by atoms with van der Waals surface area (Å²) in [4.78, 5) is 21.9. The second-order valence-electron chi connectivity index (χ2n) is 5.50. The Labute approximate surface area is 143 Å². The molecule has 0 aliphatic rings. The minimum absolute atomic E-state index is 0.213. The number of hydrogen-bond donors (Lipinski definition) is 1. The molecule has 0 aliphatic heterocycles. The summed E-state index contributed by atoms with van der Waals surface area (Å²) < 4.78 is 15.1. The number of thiazole rings is 1. The first-order chi connectivity index (χ1) is 11.5. The van der Waals surface area contributed by atoms with E-state index in [1.807, 2.05) is 25.5 Å². The van der Waals surface area contributed by atoms with Crippen molar-refractivity contribution in [2.75, 3.05) is 0 Å². The molecule has 0 unspecified atom stereocenters. The Kier molecular flexibility index (Phi) is 4.44. The number of benzene rings is 1. The van der Waals surface area contributed by atoms with Crippen molar-refractivity contribution in [1.82, 2.24) is 19.9 Å². The lowest BCUT2D eigenvalue weighted by Crippen LogP contribution is -2.31. The molecule has 0 aliphatic carbocycles. The van der Waals surface area contributed by atoms with Crippen LogP contribution < -0.4 is 5.32 Å². The Hall–Kier alpha value is -2.54. The predicted molar refractivity (Wildman–Crippen MR) is 90.5 cm³/mol. The third kappa shape index (κ3) is 3.21. The van der Waals surface area contributed by atoms with Gasteiger partial charge in [-0.25, -0.2) is 14.4 Å². The highest BCUT2D eigenvalue weighted by Gasteiger charge is 2.23. The average Bonchev–Trinajstić information content (AvgIpc) is 3.11. The van der Waals surface area contributed by atoms with E-state index in [0.29, 0.717) is 16.4 Å². The number of aromatic nitrogens is 3. The van der Waals surface area contributed by atoms with Crippen molar-refractivity contribution >= 4 is 17.2 Å². The summed E-state index contributed by atoms with van der Waals surface area (Å²) in [6.45, 7) is 3.68. The van der Waals surface area contributed by atoms with E-state index in [1.54, 1.807) is 24.5 Å². The molecule has 124 valence electrons. The summed E-state index contributed by atoms with van der Waals surface area (Å²) in [7, 11) is 1.85. The van der Waals surface area contributed by atoms with Gasteiger partial charge in [0.15, 0.2) is 0 Å². The van der Waals surface area contributed by atoms with Gasteiger partial charge in [-0.05, 0) is 31.5 Å². The number of amides is 1. The molecule has 7 heteroatoms. The highest BCUT2D eigenvalue weighted by molar-refractivity contribution is 7.13. The van der Waals surface area contributed by atoms with E-state index in [9.17, 15) is 9.18 Å². The summed E-state index contributed by atoms with van der Waals surface area (Å²) in [5, 5.41) is 3.83. The Morgan fingerprint density at radius 2 is 2.00 bits per heavy atom. The van der Waals surface area contributed by atoms with Crippen molar-refractivity contribution in [3.05, 3.63) is 69.4 Å². The number of carbonyl (C=O) groups excluding carboxylic acids is 1. The maximum Gasteiger partial charge on any atom is 0.264 e. The molecule has 2 heterocycles. The third-order valence-corrected chi connectivity index (χ3v) is 4.78. The second-order valence-corrected chi connectivity index (χ2v) is 6.70. The molecule has 3 rings (SSSR count). The van der Waals surface area contributed by atoms with E-state index in [-0.39, 0.29) is 11.7 Å². The van der Waals surface area contributed by atoms with Crippen molar-refractivity contribution in [2.24, 2.45) is 7.05 Å². The molecular weight excluding hydrogens is 327 g/mol. The van der Waals surface area contributed by atoms with Gasteiger partial charge in [0.05, 0.1) is 10.7 Å². The quantitative estimate of drug-likeness (QED) is 0.791. The summed E-state index contributed by atoms with van der Waals surface area (Å²) >= 11 is 1.35. The Bertz CT molecular complexity index is 869. The number of aryl methyl sites for hydroxylation is 3. The second kappa shape index (κ2) is 6.52. The van der Waals surface area contributed by atoms with Gasteiger partial charge in [-0.1, -0.05) is 12.1 Å². The van der Waals surface area contributed by atoms with Crippen molar-refractivity contribution in [3.8, 4) is 0 Å². The number of halogens is 1. The largest absolute Gasteiger partial charge is 0.337 e. The first-order valence-electron chi connectivity index (χ1n) is 7.43. The van der Waals surface area contributed by atoms with Gasteiger partial charge in [-0.2, -0.15) is 0 Å². The van der Waals surface area contributed by atoms with Gasteiger partial charge in [-0.15, -0.1) is 11.3 Å². The van der Waals surface area contributed by atoms with Gasteiger partial charge in [0.2, 0.25) is 0 Å². The highest BCUT2D eigenvalue weighted by Crippen LogP contribution is 2.23. The molecule has 1 amide bonds. The molecule has 0 radical (unpaired) electrons.